The van der Waals surface area contributed by atoms with Gasteiger partial charge in [-0.2, -0.15) is 0 Å². The molecule has 2 fully saturated rings. The highest BCUT2D eigenvalue weighted by molar-refractivity contribution is 5.85. The molecule has 0 spiro atoms. The van der Waals surface area contributed by atoms with Crippen LogP contribution in [0.25, 0.3) is 0 Å². The monoisotopic (exact) mass is 321 g/mol. The number of likely N-dealkylation sites (tertiary alicyclic amines) is 1. The summed E-state index contributed by atoms with van der Waals surface area (Å²) < 4.78 is 5.67. The smallest absolute Gasteiger partial charge is 0.208 e. The number of nitrogens with two attached hydrogens (primary N) is 1. The standard InChI is InChI=1S/C14H23N3O.2ClH/c1-9-10(2)18-14(16-9)8-17-6-11-4-3-5-13(15)12(11)7-17;;/h11-13H,3-8,15H2,1-2H3;2*1H. The molecule has 6 heteroatoms. The lowest BCUT2D eigenvalue weighted by atomic mass is 9.78. The van der Waals surface area contributed by atoms with Gasteiger partial charge in [0, 0.05) is 19.1 Å². The number of halogens is 2. The van der Waals surface area contributed by atoms with Gasteiger partial charge in [0.05, 0.1) is 12.2 Å². The predicted octanol–water partition coefficient (Wildman–Crippen LogP) is 2.69. The second-order valence-corrected chi connectivity index (χ2v) is 5.96. The first-order chi connectivity index (χ1) is 8.63. The molecule has 1 saturated carbocycles. The Hall–Kier alpha value is -0.290. The Morgan fingerprint density at radius 1 is 1.25 bits per heavy atom. The van der Waals surface area contributed by atoms with Crippen LogP contribution in [0.1, 0.15) is 36.6 Å². The van der Waals surface area contributed by atoms with Gasteiger partial charge >= 0.3 is 0 Å². The van der Waals surface area contributed by atoms with Crippen LogP contribution in [0.3, 0.4) is 0 Å². The molecule has 0 bridgehead atoms. The zero-order valence-corrected chi connectivity index (χ0v) is 13.8. The maximum atomic E-state index is 6.24. The molecular formula is C14H25Cl2N3O. The Labute approximate surface area is 133 Å². The van der Waals surface area contributed by atoms with Gasteiger partial charge in [-0.1, -0.05) is 6.42 Å². The van der Waals surface area contributed by atoms with E-state index in [1.165, 1.54) is 25.8 Å². The van der Waals surface area contributed by atoms with E-state index in [4.69, 9.17) is 10.2 Å². The summed E-state index contributed by atoms with van der Waals surface area (Å²) in [5.41, 5.74) is 7.25. The molecule has 0 aromatic carbocycles. The van der Waals surface area contributed by atoms with Crippen molar-refractivity contribution in [2.45, 2.75) is 45.7 Å². The zero-order valence-electron chi connectivity index (χ0n) is 12.2. The van der Waals surface area contributed by atoms with Gasteiger partial charge in [-0.25, -0.2) is 4.98 Å². The Morgan fingerprint density at radius 2 is 2.00 bits per heavy atom. The van der Waals surface area contributed by atoms with E-state index in [0.717, 1.165) is 36.4 Å². The van der Waals surface area contributed by atoms with Crippen LogP contribution in [0.15, 0.2) is 4.42 Å². The van der Waals surface area contributed by atoms with Gasteiger partial charge in [0.15, 0.2) is 0 Å². The van der Waals surface area contributed by atoms with E-state index in [2.05, 4.69) is 9.88 Å². The molecule has 4 nitrogen and oxygen atoms in total. The van der Waals surface area contributed by atoms with E-state index in [1.54, 1.807) is 0 Å². The van der Waals surface area contributed by atoms with Gasteiger partial charge in [-0.3, -0.25) is 4.90 Å². The summed E-state index contributed by atoms with van der Waals surface area (Å²) in [4.78, 5) is 6.93. The number of oxazole rings is 1. The third kappa shape index (κ3) is 3.48. The molecule has 1 aliphatic carbocycles. The predicted molar refractivity (Wildman–Crippen MR) is 84.6 cm³/mol. The Morgan fingerprint density at radius 3 is 2.60 bits per heavy atom. The average molecular weight is 322 g/mol. The molecule has 1 saturated heterocycles. The summed E-state index contributed by atoms with van der Waals surface area (Å²) in [6.07, 6.45) is 3.85. The fourth-order valence-corrected chi connectivity index (χ4v) is 3.54. The molecule has 20 heavy (non-hydrogen) atoms. The quantitative estimate of drug-likeness (QED) is 0.909. The summed E-state index contributed by atoms with van der Waals surface area (Å²) in [6, 6.07) is 0.404. The van der Waals surface area contributed by atoms with Crippen LogP contribution in [0.5, 0.6) is 0 Å². The number of aromatic nitrogens is 1. The maximum Gasteiger partial charge on any atom is 0.208 e. The lowest BCUT2D eigenvalue weighted by molar-refractivity contribution is 0.257. The first-order valence-corrected chi connectivity index (χ1v) is 7.04. The topological polar surface area (TPSA) is 55.3 Å². The van der Waals surface area contributed by atoms with Crippen LogP contribution in [0, 0.1) is 25.7 Å². The summed E-state index contributed by atoms with van der Waals surface area (Å²) in [6.45, 7) is 7.10. The molecule has 1 aliphatic heterocycles. The van der Waals surface area contributed by atoms with Crippen molar-refractivity contribution < 1.29 is 4.42 Å². The highest BCUT2D eigenvalue weighted by Gasteiger charge is 2.38. The van der Waals surface area contributed by atoms with Crippen molar-refractivity contribution in [3.63, 3.8) is 0 Å². The molecule has 0 amide bonds. The van der Waals surface area contributed by atoms with Gasteiger partial charge in [-0.15, -0.1) is 24.8 Å². The van der Waals surface area contributed by atoms with E-state index in [-0.39, 0.29) is 24.8 Å². The second-order valence-electron chi connectivity index (χ2n) is 5.96. The lowest BCUT2D eigenvalue weighted by Gasteiger charge is -2.29. The molecule has 2 heterocycles. The van der Waals surface area contributed by atoms with Gasteiger partial charge in [0.1, 0.15) is 5.76 Å². The minimum absolute atomic E-state index is 0. The van der Waals surface area contributed by atoms with Crippen LogP contribution in [0.4, 0.5) is 0 Å². The molecule has 3 unspecified atom stereocenters. The van der Waals surface area contributed by atoms with Crippen molar-refractivity contribution in [1.82, 2.24) is 9.88 Å². The van der Waals surface area contributed by atoms with Crippen LogP contribution < -0.4 is 5.73 Å². The van der Waals surface area contributed by atoms with Gasteiger partial charge in [0.25, 0.3) is 0 Å². The maximum absolute atomic E-state index is 6.24. The lowest BCUT2D eigenvalue weighted by Crippen LogP contribution is -2.38. The molecule has 1 aromatic heterocycles. The molecule has 116 valence electrons. The number of hydrogen-bond acceptors (Lipinski definition) is 4. The van der Waals surface area contributed by atoms with Gasteiger partial charge in [0.2, 0.25) is 5.89 Å². The minimum Gasteiger partial charge on any atom is -0.444 e. The summed E-state index contributed by atoms with van der Waals surface area (Å²) >= 11 is 0. The van der Waals surface area contributed by atoms with Gasteiger partial charge in [-0.05, 0) is 38.5 Å². The van der Waals surface area contributed by atoms with Crippen molar-refractivity contribution in [2.75, 3.05) is 13.1 Å². The highest BCUT2D eigenvalue weighted by atomic mass is 35.5. The summed E-state index contributed by atoms with van der Waals surface area (Å²) in [5, 5.41) is 0. The number of aryl methyl sites for hydroxylation is 2. The van der Waals surface area contributed by atoms with E-state index in [1.807, 2.05) is 13.8 Å². The third-order valence-electron chi connectivity index (χ3n) is 4.66. The van der Waals surface area contributed by atoms with Crippen LogP contribution in [0.2, 0.25) is 0 Å². The first kappa shape index (κ1) is 17.8. The van der Waals surface area contributed by atoms with Crippen LogP contribution in [-0.2, 0) is 6.54 Å². The molecule has 3 rings (SSSR count). The third-order valence-corrected chi connectivity index (χ3v) is 4.66. The molecule has 0 radical (unpaired) electrons. The number of fused-ring (bicyclic) bond motifs is 1. The SMILES string of the molecule is Cc1nc(CN2CC3CCCC(N)C3C2)oc1C.Cl.Cl. The molecular weight excluding hydrogens is 297 g/mol. The Kier molecular flexibility index (Phi) is 6.32. The van der Waals surface area contributed by atoms with E-state index in [0.29, 0.717) is 12.0 Å². The summed E-state index contributed by atoms with van der Waals surface area (Å²) in [7, 11) is 0. The van der Waals surface area contributed by atoms with E-state index < -0.39 is 0 Å². The van der Waals surface area contributed by atoms with Crippen molar-refractivity contribution in [2.24, 2.45) is 17.6 Å². The van der Waals surface area contributed by atoms with Crippen molar-refractivity contribution in [3.05, 3.63) is 17.3 Å². The van der Waals surface area contributed by atoms with Crippen LogP contribution in [-0.4, -0.2) is 29.0 Å². The summed E-state index contributed by atoms with van der Waals surface area (Å²) in [5.74, 6) is 3.29. The fraction of sp³-hybridized carbons (Fsp3) is 0.786. The molecule has 2 N–H and O–H groups in total. The second kappa shape index (κ2) is 7.12. The average Bonchev–Trinajstić information content (AvgIpc) is 2.85. The minimum atomic E-state index is 0. The van der Waals surface area contributed by atoms with Crippen LogP contribution >= 0.6 is 24.8 Å². The van der Waals surface area contributed by atoms with Crippen molar-refractivity contribution >= 4 is 24.8 Å². The zero-order chi connectivity index (χ0) is 12.7. The van der Waals surface area contributed by atoms with Gasteiger partial charge < -0.3 is 10.2 Å². The number of rotatable bonds is 2. The van der Waals surface area contributed by atoms with E-state index >= 15 is 0 Å². The number of hydrogen-bond donors (Lipinski definition) is 1. The normalized spacial score (nSPS) is 29.4. The fourth-order valence-electron chi connectivity index (χ4n) is 3.54. The largest absolute Gasteiger partial charge is 0.444 e. The highest BCUT2D eigenvalue weighted by Crippen LogP contribution is 2.36. The molecule has 2 aliphatic rings. The van der Waals surface area contributed by atoms with Crippen molar-refractivity contribution in [3.8, 4) is 0 Å². The Balaban J connectivity index is 0.000001000. The van der Waals surface area contributed by atoms with E-state index in [9.17, 15) is 0 Å². The molecule has 3 atom stereocenters. The van der Waals surface area contributed by atoms with Crippen molar-refractivity contribution in [1.29, 1.82) is 0 Å². The first-order valence-electron chi connectivity index (χ1n) is 7.04. The Bertz CT molecular complexity index is 419. The molecule has 1 aromatic rings. The number of nitrogens with zero attached hydrogens (tertiary/aromatic N) is 2.